The fourth-order valence-corrected chi connectivity index (χ4v) is 2.23. The highest BCUT2D eigenvalue weighted by Gasteiger charge is 2.16. The van der Waals surface area contributed by atoms with E-state index >= 15 is 0 Å². The summed E-state index contributed by atoms with van der Waals surface area (Å²) >= 11 is 3.24. The lowest BCUT2D eigenvalue weighted by molar-refractivity contribution is 0.402. The van der Waals surface area contributed by atoms with Crippen LogP contribution in [0.25, 0.3) is 0 Å². The molecule has 0 amide bonds. The first-order valence-corrected chi connectivity index (χ1v) is 6.36. The summed E-state index contributed by atoms with van der Waals surface area (Å²) < 4.78 is 19.4. The van der Waals surface area contributed by atoms with E-state index in [1.165, 1.54) is 6.07 Å². The molecular formula is C13H14BrFN2O. The molecule has 3 N–H and O–H groups in total. The number of halogens is 2. The maximum Gasteiger partial charge on any atom is 0.137 e. The maximum atomic E-state index is 13.4. The van der Waals surface area contributed by atoms with Gasteiger partial charge in [-0.3, -0.25) is 5.84 Å². The molecule has 1 heterocycles. The zero-order chi connectivity index (χ0) is 13.1. The van der Waals surface area contributed by atoms with Crippen LogP contribution in [0.4, 0.5) is 4.39 Å². The number of nitrogens with two attached hydrogens (primary N) is 1. The second-order valence-electron chi connectivity index (χ2n) is 4.08. The van der Waals surface area contributed by atoms with Gasteiger partial charge in [0.25, 0.3) is 0 Å². The zero-order valence-electron chi connectivity index (χ0n) is 9.91. The second-order valence-corrected chi connectivity index (χ2v) is 4.88. The van der Waals surface area contributed by atoms with Crippen LogP contribution in [0.1, 0.15) is 23.1 Å². The smallest absolute Gasteiger partial charge is 0.137 e. The summed E-state index contributed by atoms with van der Waals surface area (Å²) in [4.78, 5) is 0. The minimum Gasteiger partial charge on any atom is -0.465 e. The van der Waals surface area contributed by atoms with E-state index in [1.807, 2.05) is 25.1 Å². The van der Waals surface area contributed by atoms with Gasteiger partial charge in [-0.2, -0.15) is 0 Å². The van der Waals surface area contributed by atoms with E-state index in [1.54, 1.807) is 6.07 Å². The molecule has 0 saturated carbocycles. The van der Waals surface area contributed by atoms with Crippen molar-refractivity contribution in [1.82, 2.24) is 5.43 Å². The van der Waals surface area contributed by atoms with Crippen LogP contribution in [0.5, 0.6) is 0 Å². The first kappa shape index (κ1) is 13.3. The highest BCUT2D eigenvalue weighted by Crippen LogP contribution is 2.26. The topological polar surface area (TPSA) is 51.2 Å². The van der Waals surface area contributed by atoms with Crippen LogP contribution in [-0.2, 0) is 6.42 Å². The average molecular weight is 313 g/mol. The highest BCUT2D eigenvalue weighted by molar-refractivity contribution is 9.10. The van der Waals surface area contributed by atoms with Crippen molar-refractivity contribution in [2.24, 2.45) is 5.84 Å². The van der Waals surface area contributed by atoms with Crippen LogP contribution in [0.3, 0.4) is 0 Å². The van der Waals surface area contributed by atoms with Crippen LogP contribution in [0, 0.1) is 12.7 Å². The second kappa shape index (κ2) is 5.65. The fourth-order valence-electron chi connectivity index (χ4n) is 1.81. The van der Waals surface area contributed by atoms with Crippen molar-refractivity contribution in [1.29, 1.82) is 0 Å². The Labute approximate surface area is 113 Å². The summed E-state index contributed by atoms with van der Waals surface area (Å²) in [5.74, 6) is 6.82. The van der Waals surface area contributed by atoms with E-state index in [-0.39, 0.29) is 11.9 Å². The van der Waals surface area contributed by atoms with Gasteiger partial charge >= 0.3 is 0 Å². The number of benzene rings is 1. The number of aryl methyl sites for hydroxylation is 1. The quantitative estimate of drug-likeness (QED) is 0.673. The van der Waals surface area contributed by atoms with E-state index in [0.29, 0.717) is 10.9 Å². The number of rotatable bonds is 4. The van der Waals surface area contributed by atoms with E-state index in [2.05, 4.69) is 21.4 Å². The normalized spacial score (nSPS) is 12.7. The highest BCUT2D eigenvalue weighted by atomic mass is 79.9. The van der Waals surface area contributed by atoms with E-state index < -0.39 is 0 Å². The fraction of sp³-hybridized carbons (Fsp3) is 0.231. The van der Waals surface area contributed by atoms with E-state index in [0.717, 1.165) is 17.1 Å². The molecular weight excluding hydrogens is 299 g/mol. The van der Waals surface area contributed by atoms with Crippen molar-refractivity contribution in [3.63, 3.8) is 0 Å². The van der Waals surface area contributed by atoms with E-state index in [9.17, 15) is 4.39 Å². The largest absolute Gasteiger partial charge is 0.465 e. The van der Waals surface area contributed by atoms with Crippen molar-refractivity contribution in [3.05, 3.63) is 57.7 Å². The Kier molecular flexibility index (Phi) is 4.16. The van der Waals surface area contributed by atoms with Crippen molar-refractivity contribution < 1.29 is 8.81 Å². The summed E-state index contributed by atoms with van der Waals surface area (Å²) in [7, 11) is 0. The van der Waals surface area contributed by atoms with Crippen molar-refractivity contribution in [2.45, 2.75) is 19.4 Å². The third-order valence-electron chi connectivity index (χ3n) is 2.76. The molecule has 96 valence electrons. The van der Waals surface area contributed by atoms with Gasteiger partial charge in [0.15, 0.2) is 0 Å². The van der Waals surface area contributed by atoms with Crippen molar-refractivity contribution in [3.8, 4) is 0 Å². The lowest BCUT2D eigenvalue weighted by Gasteiger charge is -2.14. The lowest BCUT2D eigenvalue weighted by atomic mass is 10.0. The minimum atomic E-state index is -0.279. The van der Waals surface area contributed by atoms with Crippen LogP contribution in [-0.4, -0.2) is 0 Å². The van der Waals surface area contributed by atoms with Crippen LogP contribution < -0.4 is 11.3 Å². The Bertz CT molecular complexity index is 542. The number of hydrogen-bond donors (Lipinski definition) is 2. The molecule has 0 bridgehead atoms. The summed E-state index contributed by atoms with van der Waals surface area (Å²) in [6, 6.07) is 8.50. The van der Waals surface area contributed by atoms with E-state index in [4.69, 9.17) is 10.3 Å². The van der Waals surface area contributed by atoms with Gasteiger partial charge in [-0.1, -0.05) is 12.1 Å². The molecule has 0 saturated heterocycles. The number of nitrogens with one attached hydrogen (secondary N) is 1. The summed E-state index contributed by atoms with van der Waals surface area (Å²) in [5.41, 5.74) is 3.53. The monoisotopic (exact) mass is 312 g/mol. The summed E-state index contributed by atoms with van der Waals surface area (Å²) in [6.07, 6.45) is 0.543. The SMILES string of the molecule is Cc1ccc(C(Cc2cccc(F)c2Br)NN)o1. The number of furan rings is 1. The molecule has 3 nitrogen and oxygen atoms in total. The zero-order valence-corrected chi connectivity index (χ0v) is 11.5. The standard InChI is InChI=1S/C13H14BrFN2O/c1-8-5-6-12(18-8)11(17-16)7-9-3-2-4-10(15)13(9)14/h2-6,11,17H,7,16H2,1H3. The number of hydrogen-bond acceptors (Lipinski definition) is 3. The first-order valence-electron chi connectivity index (χ1n) is 5.57. The number of hydrazine groups is 1. The predicted molar refractivity (Wildman–Crippen MR) is 71.3 cm³/mol. The van der Waals surface area contributed by atoms with Crippen LogP contribution in [0.2, 0.25) is 0 Å². The molecule has 0 aliphatic carbocycles. The molecule has 1 unspecified atom stereocenters. The van der Waals surface area contributed by atoms with Crippen LogP contribution in [0.15, 0.2) is 39.2 Å². The van der Waals surface area contributed by atoms with Gasteiger partial charge in [-0.25, -0.2) is 9.82 Å². The predicted octanol–water partition coefficient (Wildman–Crippen LogP) is 3.24. The lowest BCUT2D eigenvalue weighted by Crippen LogP contribution is -2.29. The molecule has 0 aliphatic heterocycles. The molecule has 18 heavy (non-hydrogen) atoms. The van der Waals surface area contributed by atoms with Gasteiger partial charge in [0, 0.05) is 0 Å². The molecule has 1 atom stereocenters. The maximum absolute atomic E-state index is 13.4. The molecule has 2 aromatic rings. The third kappa shape index (κ3) is 2.80. The Balaban J connectivity index is 2.23. The molecule has 0 aliphatic rings. The Morgan fingerprint density at radius 3 is 2.78 bits per heavy atom. The van der Waals surface area contributed by atoms with Gasteiger partial charge in [-0.15, -0.1) is 0 Å². The van der Waals surface area contributed by atoms with Crippen molar-refractivity contribution >= 4 is 15.9 Å². The first-order chi connectivity index (χ1) is 8.61. The molecule has 1 aromatic heterocycles. The van der Waals surface area contributed by atoms with Gasteiger partial charge < -0.3 is 4.42 Å². The molecule has 0 radical (unpaired) electrons. The average Bonchev–Trinajstić information content (AvgIpc) is 2.78. The molecule has 0 fully saturated rings. The van der Waals surface area contributed by atoms with Crippen LogP contribution >= 0.6 is 15.9 Å². The molecule has 5 heteroatoms. The van der Waals surface area contributed by atoms with Crippen molar-refractivity contribution in [2.75, 3.05) is 0 Å². The third-order valence-corrected chi connectivity index (χ3v) is 3.65. The van der Waals surface area contributed by atoms with Gasteiger partial charge in [0.1, 0.15) is 17.3 Å². The summed E-state index contributed by atoms with van der Waals surface area (Å²) in [6.45, 7) is 1.87. The van der Waals surface area contributed by atoms with Gasteiger partial charge in [0.05, 0.1) is 10.5 Å². The Hall–Kier alpha value is -1.17. The molecule has 2 rings (SSSR count). The van der Waals surface area contributed by atoms with Gasteiger partial charge in [0.2, 0.25) is 0 Å². The molecule has 1 aromatic carbocycles. The minimum absolute atomic E-state index is 0.184. The Morgan fingerprint density at radius 2 is 2.17 bits per heavy atom. The van der Waals surface area contributed by atoms with Gasteiger partial charge in [-0.05, 0) is 53.0 Å². The molecule has 0 spiro atoms. The Morgan fingerprint density at radius 1 is 1.39 bits per heavy atom. The summed E-state index contributed by atoms with van der Waals surface area (Å²) in [5, 5.41) is 0.